The Labute approximate surface area is 103 Å². The molecule has 0 amide bonds. The normalized spacial score (nSPS) is 12.1. The van der Waals surface area contributed by atoms with E-state index in [0.717, 1.165) is 5.56 Å². The van der Waals surface area contributed by atoms with Crippen molar-refractivity contribution >= 4 is 11.6 Å². The van der Waals surface area contributed by atoms with E-state index in [4.69, 9.17) is 11.6 Å². The third-order valence-corrected chi connectivity index (χ3v) is 2.36. The van der Waals surface area contributed by atoms with Gasteiger partial charge in [0.25, 0.3) is 0 Å². The maximum atomic E-state index is 12.3. The third-order valence-electron chi connectivity index (χ3n) is 2.14. The molecule has 1 aromatic heterocycles. The Kier molecular flexibility index (Phi) is 5.21. The van der Waals surface area contributed by atoms with Crippen molar-refractivity contribution in [2.24, 2.45) is 0 Å². The van der Waals surface area contributed by atoms with Crippen molar-refractivity contribution < 1.29 is 13.2 Å². The van der Waals surface area contributed by atoms with Crippen LogP contribution in [0.4, 0.5) is 13.2 Å². The minimum absolute atomic E-state index is 0.234. The zero-order valence-electron chi connectivity index (χ0n) is 9.47. The van der Waals surface area contributed by atoms with E-state index in [1.165, 1.54) is 11.1 Å². The second-order valence-corrected chi connectivity index (χ2v) is 4.20. The maximum absolute atomic E-state index is 12.3. The molecule has 0 bridgehead atoms. The Balaban J connectivity index is 2.63. The van der Waals surface area contributed by atoms with Crippen LogP contribution in [0.1, 0.15) is 18.9 Å². The van der Waals surface area contributed by atoms with Gasteiger partial charge in [0.05, 0.1) is 6.54 Å². The average Bonchev–Trinajstić information content (AvgIpc) is 2.19. The predicted octanol–water partition coefficient (Wildman–Crippen LogP) is 3.51. The zero-order valence-corrected chi connectivity index (χ0v) is 10.2. The summed E-state index contributed by atoms with van der Waals surface area (Å²) in [5.41, 5.74) is 0.729. The smallest absolute Gasteiger partial charge is 0.291 e. The van der Waals surface area contributed by atoms with Crippen LogP contribution in [0.3, 0.4) is 0 Å². The predicted molar refractivity (Wildman–Crippen MR) is 60.9 cm³/mol. The van der Waals surface area contributed by atoms with Crippen LogP contribution >= 0.6 is 11.6 Å². The van der Waals surface area contributed by atoms with Crippen LogP contribution in [0, 0.1) is 0 Å². The Morgan fingerprint density at radius 3 is 2.53 bits per heavy atom. The van der Waals surface area contributed by atoms with Crippen molar-refractivity contribution in [2.75, 3.05) is 13.1 Å². The topological polar surface area (TPSA) is 16.1 Å². The molecule has 0 saturated carbocycles. The summed E-state index contributed by atoms with van der Waals surface area (Å²) in [6.45, 7) is 1.59. The first-order valence-corrected chi connectivity index (χ1v) is 5.68. The van der Waals surface area contributed by atoms with Crippen molar-refractivity contribution in [3.63, 3.8) is 0 Å². The van der Waals surface area contributed by atoms with Gasteiger partial charge < -0.3 is 0 Å². The van der Waals surface area contributed by atoms with Crippen LogP contribution in [-0.2, 0) is 6.54 Å². The van der Waals surface area contributed by atoms with Crippen LogP contribution < -0.4 is 0 Å². The Bertz CT molecular complexity index is 338. The Morgan fingerprint density at radius 2 is 2.06 bits per heavy atom. The lowest BCUT2D eigenvalue weighted by Crippen LogP contribution is -2.34. The van der Waals surface area contributed by atoms with Crippen molar-refractivity contribution in [3.05, 3.63) is 29.0 Å². The number of hydrogen-bond donors (Lipinski definition) is 0. The van der Waals surface area contributed by atoms with E-state index >= 15 is 0 Å². The molecule has 0 N–H and O–H groups in total. The molecule has 0 aromatic carbocycles. The van der Waals surface area contributed by atoms with Gasteiger partial charge in [0.15, 0.2) is 0 Å². The molecule has 2 nitrogen and oxygen atoms in total. The van der Waals surface area contributed by atoms with E-state index in [2.05, 4.69) is 4.98 Å². The lowest BCUT2D eigenvalue weighted by Gasteiger charge is -2.22. The number of rotatable bonds is 5. The molecule has 0 radical (unpaired) electrons. The molecule has 6 heteroatoms. The fourth-order valence-electron chi connectivity index (χ4n) is 1.54. The number of alkyl halides is 3. The van der Waals surface area contributed by atoms with Crippen LogP contribution in [0.2, 0.25) is 5.15 Å². The number of hydrogen-bond acceptors (Lipinski definition) is 2. The molecule has 1 heterocycles. The lowest BCUT2D eigenvalue weighted by atomic mass is 10.2. The fourth-order valence-corrected chi connectivity index (χ4v) is 1.65. The summed E-state index contributed by atoms with van der Waals surface area (Å²) in [6.07, 6.45) is -1.99. The second kappa shape index (κ2) is 6.21. The molecule has 96 valence electrons. The first-order valence-electron chi connectivity index (χ1n) is 5.30. The van der Waals surface area contributed by atoms with Gasteiger partial charge in [-0.1, -0.05) is 24.6 Å². The first kappa shape index (κ1) is 14.3. The molecule has 0 aliphatic rings. The van der Waals surface area contributed by atoms with Gasteiger partial charge in [-0.15, -0.1) is 0 Å². The van der Waals surface area contributed by atoms with Crippen LogP contribution in [0.5, 0.6) is 0 Å². The maximum Gasteiger partial charge on any atom is 0.401 e. The summed E-state index contributed by atoms with van der Waals surface area (Å²) < 4.78 is 37.0. The van der Waals surface area contributed by atoms with Gasteiger partial charge in [0.2, 0.25) is 0 Å². The summed E-state index contributed by atoms with van der Waals surface area (Å²) >= 11 is 5.61. The van der Waals surface area contributed by atoms with Gasteiger partial charge in [-0.25, -0.2) is 4.98 Å². The number of halogens is 4. The van der Waals surface area contributed by atoms with E-state index in [-0.39, 0.29) is 6.54 Å². The highest BCUT2D eigenvalue weighted by Crippen LogP contribution is 2.18. The molecule has 1 aromatic rings. The molecule has 0 aliphatic carbocycles. The van der Waals surface area contributed by atoms with Gasteiger partial charge in [-0.3, -0.25) is 4.90 Å². The van der Waals surface area contributed by atoms with Crippen molar-refractivity contribution in [1.82, 2.24) is 9.88 Å². The Morgan fingerprint density at radius 1 is 1.35 bits per heavy atom. The molecule has 0 atom stereocenters. The monoisotopic (exact) mass is 266 g/mol. The highest BCUT2D eigenvalue weighted by molar-refractivity contribution is 6.29. The molecule has 0 unspecified atom stereocenters. The first-order chi connectivity index (χ1) is 7.90. The van der Waals surface area contributed by atoms with E-state index in [1.54, 1.807) is 12.1 Å². The fraction of sp³-hybridized carbons (Fsp3) is 0.545. The molecule has 1 rings (SSSR count). The van der Waals surface area contributed by atoms with E-state index in [1.807, 2.05) is 6.92 Å². The van der Waals surface area contributed by atoms with E-state index in [9.17, 15) is 13.2 Å². The van der Waals surface area contributed by atoms with Crippen molar-refractivity contribution in [1.29, 1.82) is 0 Å². The number of nitrogens with zero attached hydrogens (tertiary/aromatic N) is 2. The third kappa shape index (κ3) is 5.89. The molecular formula is C11H14ClF3N2. The van der Waals surface area contributed by atoms with Crippen molar-refractivity contribution in [2.45, 2.75) is 26.1 Å². The average molecular weight is 267 g/mol. The molecular weight excluding hydrogens is 253 g/mol. The molecule has 17 heavy (non-hydrogen) atoms. The minimum atomic E-state index is -4.17. The van der Waals surface area contributed by atoms with E-state index < -0.39 is 12.7 Å². The lowest BCUT2D eigenvalue weighted by molar-refractivity contribution is -0.147. The summed E-state index contributed by atoms with van der Waals surface area (Å²) in [5.74, 6) is 0. The summed E-state index contributed by atoms with van der Waals surface area (Å²) in [7, 11) is 0. The molecule has 0 saturated heterocycles. The zero-order chi connectivity index (χ0) is 12.9. The summed E-state index contributed by atoms with van der Waals surface area (Å²) in [6, 6.07) is 3.27. The van der Waals surface area contributed by atoms with Gasteiger partial charge in [-0.05, 0) is 24.6 Å². The van der Waals surface area contributed by atoms with Gasteiger partial charge >= 0.3 is 6.18 Å². The number of pyridine rings is 1. The SMILES string of the molecule is CCCN(Cc1ccc(Cl)nc1)CC(F)(F)F. The highest BCUT2D eigenvalue weighted by atomic mass is 35.5. The summed E-state index contributed by atoms with van der Waals surface area (Å²) in [4.78, 5) is 5.20. The number of aromatic nitrogens is 1. The standard InChI is InChI=1S/C11H14ClF3N2/c1-2-5-17(8-11(13,14)15)7-9-3-4-10(12)16-6-9/h3-4,6H,2,5,7-8H2,1H3. The van der Waals surface area contributed by atoms with Gasteiger partial charge in [0, 0.05) is 12.7 Å². The van der Waals surface area contributed by atoms with Crippen LogP contribution in [0.15, 0.2) is 18.3 Å². The van der Waals surface area contributed by atoms with Gasteiger partial charge in [-0.2, -0.15) is 13.2 Å². The molecule has 0 spiro atoms. The van der Waals surface area contributed by atoms with Crippen LogP contribution in [-0.4, -0.2) is 29.1 Å². The van der Waals surface area contributed by atoms with E-state index in [0.29, 0.717) is 18.1 Å². The quantitative estimate of drug-likeness (QED) is 0.758. The van der Waals surface area contributed by atoms with Gasteiger partial charge in [0.1, 0.15) is 5.15 Å². The van der Waals surface area contributed by atoms with Crippen molar-refractivity contribution in [3.8, 4) is 0 Å². The second-order valence-electron chi connectivity index (χ2n) is 3.82. The van der Waals surface area contributed by atoms with Crippen LogP contribution in [0.25, 0.3) is 0 Å². The highest BCUT2D eigenvalue weighted by Gasteiger charge is 2.30. The Hall–Kier alpha value is -0.810. The summed E-state index contributed by atoms with van der Waals surface area (Å²) in [5, 5.41) is 0.339. The molecule has 0 aliphatic heterocycles. The minimum Gasteiger partial charge on any atom is -0.291 e. The largest absolute Gasteiger partial charge is 0.401 e. The molecule has 0 fully saturated rings.